The molecule has 1 saturated carbocycles. The van der Waals surface area contributed by atoms with Crippen LogP contribution in [0.2, 0.25) is 0 Å². The maximum atomic E-state index is 4.92. The van der Waals surface area contributed by atoms with E-state index in [2.05, 4.69) is 34.0 Å². The maximum Gasteiger partial charge on any atom is 0.131 e. The van der Waals surface area contributed by atoms with Gasteiger partial charge in [-0.3, -0.25) is 4.90 Å². The molecular weight excluding hydrogens is 276 g/mol. The number of hydrogen-bond acceptors (Lipinski definition) is 5. The van der Waals surface area contributed by atoms with Crippen LogP contribution in [0, 0.1) is 0 Å². The summed E-state index contributed by atoms with van der Waals surface area (Å²) in [6.45, 7) is 2.92. The summed E-state index contributed by atoms with van der Waals surface area (Å²) in [4.78, 5) is 11.4. The summed E-state index contributed by atoms with van der Waals surface area (Å²) in [6.07, 6.45) is 12.0. The van der Waals surface area contributed by atoms with Crippen LogP contribution in [0.15, 0.2) is 29.2 Å². The molecule has 118 valence electrons. The summed E-state index contributed by atoms with van der Waals surface area (Å²) >= 11 is 0. The van der Waals surface area contributed by atoms with Crippen molar-refractivity contribution in [3.05, 3.63) is 41.8 Å². The van der Waals surface area contributed by atoms with E-state index in [1.807, 2.05) is 18.5 Å². The van der Waals surface area contributed by atoms with Crippen molar-refractivity contribution in [1.29, 1.82) is 0 Å². The molecule has 0 spiro atoms. The smallest absolute Gasteiger partial charge is 0.131 e. The van der Waals surface area contributed by atoms with E-state index in [0.29, 0.717) is 5.92 Å². The van der Waals surface area contributed by atoms with E-state index in [-0.39, 0.29) is 6.04 Å². The van der Waals surface area contributed by atoms with E-state index in [1.165, 1.54) is 32.1 Å². The Morgan fingerprint density at radius 3 is 2.59 bits per heavy atom. The summed E-state index contributed by atoms with van der Waals surface area (Å²) in [5, 5.41) is 4.01. The van der Waals surface area contributed by atoms with Gasteiger partial charge in [0, 0.05) is 36.5 Å². The average molecular weight is 300 g/mol. The van der Waals surface area contributed by atoms with Gasteiger partial charge in [-0.2, -0.15) is 0 Å². The van der Waals surface area contributed by atoms with Gasteiger partial charge in [0.1, 0.15) is 17.8 Å². The normalized spacial score (nSPS) is 17.8. The SMILES string of the molecule is C[C@@H](c1ccon1)N(C)Cc1cnc(C2CCCCC2)nc1. The minimum absolute atomic E-state index is 0.205. The monoisotopic (exact) mass is 300 g/mol. The third-order valence-corrected chi connectivity index (χ3v) is 4.67. The van der Waals surface area contributed by atoms with E-state index < -0.39 is 0 Å². The molecule has 22 heavy (non-hydrogen) atoms. The molecule has 0 aromatic carbocycles. The zero-order valence-corrected chi connectivity index (χ0v) is 13.4. The zero-order valence-electron chi connectivity index (χ0n) is 13.4. The summed E-state index contributed by atoms with van der Waals surface area (Å²) in [5.74, 6) is 1.59. The number of hydrogen-bond donors (Lipinski definition) is 0. The highest BCUT2D eigenvalue weighted by atomic mass is 16.5. The van der Waals surface area contributed by atoms with Crippen molar-refractivity contribution in [2.75, 3.05) is 7.05 Å². The molecular formula is C17H24N4O. The largest absolute Gasteiger partial charge is 0.364 e. The van der Waals surface area contributed by atoms with E-state index in [9.17, 15) is 0 Å². The van der Waals surface area contributed by atoms with Crippen molar-refractivity contribution < 1.29 is 4.52 Å². The predicted octanol–water partition coefficient (Wildman–Crippen LogP) is 3.71. The topological polar surface area (TPSA) is 55.1 Å². The van der Waals surface area contributed by atoms with Gasteiger partial charge in [0.25, 0.3) is 0 Å². The van der Waals surface area contributed by atoms with Crippen LogP contribution in [0.1, 0.15) is 68.1 Å². The molecule has 2 aromatic rings. The van der Waals surface area contributed by atoms with Gasteiger partial charge < -0.3 is 4.52 Å². The van der Waals surface area contributed by atoms with Crippen LogP contribution in [0.4, 0.5) is 0 Å². The maximum absolute atomic E-state index is 4.92. The summed E-state index contributed by atoms with van der Waals surface area (Å²) in [7, 11) is 2.08. The third-order valence-electron chi connectivity index (χ3n) is 4.67. The van der Waals surface area contributed by atoms with Crippen molar-refractivity contribution in [3.8, 4) is 0 Å². The fourth-order valence-electron chi connectivity index (χ4n) is 3.11. The second kappa shape index (κ2) is 7.01. The first-order valence-electron chi connectivity index (χ1n) is 8.15. The lowest BCUT2D eigenvalue weighted by molar-refractivity contribution is 0.240. The molecule has 1 aliphatic carbocycles. The molecule has 0 unspecified atom stereocenters. The Morgan fingerprint density at radius 1 is 1.23 bits per heavy atom. The van der Waals surface area contributed by atoms with E-state index in [0.717, 1.165) is 23.6 Å². The number of nitrogens with zero attached hydrogens (tertiary/aromatic N) is 4. The minimum Gasteiger partial charge on any atom is -0.364 e. The quantitative estimate of drug-likeness (QED) is 0.842. The van der Waals surface area contributed by atoms with E-state index in [4.69, 9.17) is 4.52 Å². The minimum atomic E-state index is 0.205. The average Bonchev–Trinajstić information content (AvgIpc) is 3.10. The Kier molecular flexibility index (Phi) is 4.83. The molecule has 5 heteroatoms. The van der Waals surface area contributed by atoms with Crippen molar-refractivity contribution in [3.63, 3.8) is 0 Å². The lowest BCUT2D eigenvalue weighted by Crippen LogP contribution is -2.22. The molecule has 0 N–H and O–H groups in total. The van der Waals surface area contributed by atoms with Gasteiger partial charge in [-0.25, -0.2) is 9.97 Å². The van der Waals surface area contributed by atoms with Gasteiger partial charge >= 0.3 is 0 Å². The number of aromatic nitrogens is 3. The van der Waals surface area contributed by atoms with Crippen molar-refractivity contribution >= 4 is 0 Å². The van der Waals surface area contributed by atoms with Gasteiger partial charge in [0.05, 0.1) is 6.04 Å². The standard InChI is InChI=1S/C17H24N4O/c1-13(16-8-9-22-20-16)21(2)12-14-10-18-17(19-11-14)15-6-4-3-5-7-15/h8-11,13,15H,3-7,12H2,1-2H3/t13-/m0/s1. The molecule has 2 heterocycles. The first-order chi connectivity index (χ1) is 10.7. The van der Waals surface area contributed by atoms with E-state index >= 15 is 0 Å². The highest BCUT2D eigenvalue weighted by Crippen LogP contribution is 2.30. The van der Waals surface area contributed by atoms with Gasteiger partial charge in [0.2, 0.25) is 0 Å². The summed E-state index contributed by atoms with van der Waals surface area (Å²) in [5.41, 5.74) is 2.08. The molecule has 1 fully saturated rings. The van der Waals surface area contributed by atoms with Crippen molar-refractivity contribution in [2.45, 2.75) is 57.5 Å². The fourth-order valence-corrected chi connectivity index (χ4v) is 3.11. The van der Waals surface area contributed by atoms with Crippen LogP contribution in [-0.2, 0) is 6.54 Å². The fraction of sp³-hybridized carbons (Fsp3) is 0.588. The third kappa shape index (κ3) is 3.53. The van der Waals surface area contributed by atoms with Gasteiger partial charge in [-0.15, -0.1) is 0 Å². The van der Waals surface area contributed by atoms with Crippen LogP contribution in [0.25, 0.3) is 0 Å². The molecule has 0 amide bonds. The first-order valence-corrected chi connectivity index (χ1v) is 8.15. The molecule has 0 aliphatic heterocycles. The molecule has 5 nitrogen and oxygen atoms in total. The lowest BCUT2D eigenvalue weighted by Gasteiger charge is -2.23. The second-order valence-electron chi connectivity index (χ2n) is 6.30. The van der Waals surface area contributed by atoms with Gasteiger partial charge in [0.15, 0.2) is 0 Å². The Balaban J connectivity index is 1.60. The highest BCUT2D eigenvalue weighted by molar-refractivity contribution is 5.09. The lowest BCUT2D eigenvalue weighted by atomic mass is 9.89. The van der Waals surface area contributed by atoms with Crippen LogP contribution in [0.5, 0.6) is 0 Å². The van der Waals surface area contributed by atoms with Crippen LogP contribution in [-0.4, -0.2) is 27.1 Å². The van der Waals surface area contributed by atoms with Crippen molar-refractivity contribution in [1.82, 2.24) is 20.0 Å². The van der Waals surface area contributed by atoms with Crippen LogP contribution >= 0.6 is 0 Å². The molecule has 0 radical (unpaired) electrons. The van der Waals surface area contributed by atoms with Crippen LogP contribution in [0.3, 0.4) is 0 Å². The molecule has 1 aliphatic rings. The first kappa shape index (κ1) is 15.2. The van der Waals surface area contributed by atoms with Crippen LogP contribution < -0.4 is 0 Å². The molecule has 3 rings (SSSR count). The Morgan fingerprint density at radius 2 is 1.95 bits per heavy atom. The Bertz CT molecular complexity index is 561. The highest BCUT2D eigenvalue weighted by Gasteiger charge is 2.18. The summed E-state index contributed by atoms with van der Waals surface area (Å²) in [6, 6.07) is 2.11. The molecule has 1 atom stereocenters. The summed E-state index contributed by atoms with van der Waals surface area (Å²) < 4.78 is 4.92. The van der Waals surface area contributed by atoms with Gasteiger partial charge in [-0.1, -0.05) is 24.4 Å². The zero-order chi connectivity index (χ0) is 15.4. The Labute approximate surface area is 131 Å². The number of rotatable bonds is 5. The van der Waals surface area contributed by atoms with E-state index in [1.54, 1.807) is 6.26 Å². The second-order valence-corrected chi connectivity index (χ2v) is 6.30. The van der Waals surface area contributed by atoms with Gasteiger partial charge in [-0.05, 0) is 26.8 Å². The molecule has 0 saturated heterocycles. The molecule has 2 aromatic heterocycles. The predicted molar refractivity (Wildman–Crippen MR) is 84.2 cm³/mol. The molecule has 0 bridgehead atoms. The Hall–Kier alpha value is -1.75. The van der Waals surface area contributed by atoms with Crippen molar-refractivity contribution in [2.24, 2.45) is 0 Å².